The Bertz CT molecular complexity index is 1140. The third-order valence-electron chi connectivity index (χ3n) is 9.91. The highest BCUT2D eigenvalue weighted by atomic mass is 16.7. The van der Waals surface area contributed by atoms with Gasteiger partial charge in [0.05, 0.1) is 18.6 Å². The van der Waals surface area contributed by atoms with E-state index in [0.29, 0.717) is 12.0 Å². The Balaban J connectivity index is 1.56. The summed E-state index contributed by atoms with van der Waals surface area (Å²) in [6, 6.07) is 1.73. The standard InChI is InChI=1S/C26H30O8/c1-22(2)15-10-16(28)25(5)18(23(15,3)8-6-17(29)33-22)14(27)11-24(4)19(13-7-9-31-12-13)32-21(30)20-26(24,25)34-20/h6-9,12,15-16,18-20,28H,10-11H2,1-5H3. The van der Waals surface area contributed by atoms with Gasteiger partial charge in [0.2, 0.25) is 0 Å². The average molecular weight is 471 g/mol. The van der Waals surface area contributed by atoms with Crippen molar-refractivity contribution in [3.05, 3.63) is 36.3 Å². The molecule has 1 aromatic rings. The number of furan rings is 1. The number of Topliss-reactive ketones (excluding diaryl/α,β-unsaturated/α-hetero) is 1. The number of esters is 2. The number of aliphatic hydroxyl groups is 1. The highest BCUT2D eigenvalue weighted by molar-refractivity contribution is 5.91. The summed E-state index contributed by atoms with van der Waals surface area (Å²) in [7, 11) is 0. The lowest BCUT2D eigenvalue weighted by atomic mass is 9.37. The van der Waals surface area contributed by atoms with Gasteiger partial charge in [-0.1, -0.05) is 26.8 Å². The molecule has 2 aliphatic carbocycles. The molecular weight excluding hydrogens is 440 g/mol. The molecule has 0 aromatic carbocycles. The van der Waals surface area contributed by atoms with Crippen molar-refractivity contribution in [1.82, 2.24) is 0 Å². The summed E-state index contributed by atoms with van der Waals surface area (Å²) in [5, 5.41) is 11.8. The molecule has 4 fully saturated rings. The summed E-state index contributed by atoms with van der Waals surface area (Å²) in [5.74, 6) is -2.00. The smallest absolute Gasteiger partial charge is 0.339 e. The van der Waals surface area contributed by atoms with Crippen molar-refractivity contribution in [3.8, 4) is 0 Å². The lowest BCUT2D eigenvalue weighted by Gasteiger charge is -2.66. The zero-order valence-electron chi connectivity index (χ0n) is 20.0. The first-order valence-electron chi connectivity index (χ1n) is 11.9. The molecule has 1 N–H and O–H groups in total. The number of hydrogen-bond acceptors (Lipinski definition) is 8. The summed E-state index contributed by atoms with van der Waals surface area (Å²) >= 11 is 0. The Labute approximate surface area is 197 Å². The number of fused-ring (bicyclic) bond motifs is 3. The molecule has 9 unspecified atom stereocenters. The van der Waals surface area contributed by atoms with Crippen LogP contribution in [0.2, 0.25) is 0 Å². The molecule has 3 aliphatic heterocycles. The van der Waals surface area contributed by atoms with E-state index < -0.39 is 63.6 Å². The molecule has 0 bridgehead atoms. The van der Waals surface area contributed by atoms with Gasteiger partial charge < -0.3 is 23.7 Å². The second-order valence-electron chi connectivity index (χ2n) is 11.9. The van der Waals surface area contributed by atoms with Crippen LogP contribution in [0, 0.1) is 28.1 Å². The van der Waals surface area contributed by atoms with E-state index in [1.165, 1.54) is 18.6 Å². The van der Waals surface area contributed by atoms with E-state index in [4.69, 9.17) is 18.6 Å². The van der Waals surface area contributed by atoms with Crippen molar-refractivity contribution < 1.29 is 38.1 Å². The van der Waals surface area contributed by atoms with Crippen molar-refractivity contribution in [2.75, 3.05) is 0 Å². The normalized spacial score (nSPS) is 50.6. The third kappa shape index (κ3) is 2.25. The van der Waals surface area contributed by atoms with Crippen LogP contribution in [-0.2, 0) is 28.6 Å². The van der Waals surface area contributed by atoms with Gasteiger partial charge in [0.15, 0.2) is 6.10 Å². The van der Waals surface area contributed by atoms with Gasteiger partial charge in [-0.05, 0) is 26.3 Å². The summed E-state index contributed by atoms with van der Waals surface area (Å²) in [4.78, 5) is 39.7. The molecular formula is C26H30O8. The molecule has 8 heteroatoms. The molecule has 5 aliphatic rings. The van der Waals surface area contributed by atoms with Crippen LogP contribution in [0.5, 0.6) is 0 Å². The lowest BCUT2D eigenvalue weighted by Crippen LogP contribution is -2.74. The second-order valence-corrected chi connectivity index (χ2v) is 11.9. The van der Waals surface area contributed by atoms with Gasteiger partial charge in [0, 0.05) is 46.1 Å². The monoisotopic (exact) mass is 470 g/mol. The Morgan fingerprint density at radius 1 is 1.06 bits per heavy atom. The number of allylic oxidation sites excluding steroid dienone is 1. The maximum atomic E-state index is 14.2. The fourth-order valence-electron chi connectivity index (χ4n) is 8.64. The molecule has 8 nitrogen and oxygen atoms in total. The van der Waals surface area contributed by atoms with Gasteiger partial charge in [-0.15, -0.1) is 0 Å². The molecule has 0 radical (unpaired) electrons. The molecule has 1 aromatic heterocycles. The quantitative estimate of drug-likeness (QED) is 0.492. The van der Waals surface area contributed by atoms with Crippen LogP contribution in [0.15, 0.2) is 35.2 Å². The highest BCUT2D eigenvalue weighted by Gasteiger charge is 2.89. The van der Waals surface area contributed by atoms with Crippen molar-refractivity contribution >= 4 is 17.7 Å². The number of epoxide rings is 1. The molecule has 0 amide bonds. The molecule has 9 atom stereocenters. The predicted octanol–water partition coefficient (Wildman–Crippen LogP) is 2.90. The SMILES string of the molecule is CC1(C)OC(=O)C=CC2(C)C1CC(O)C1(C)C2C(=O)CC2(C)C(c3ccoc3)OC(=O)C3OC321. The number of ketones is 1. The number of aliphatic hydroxyl groups excluding tert-OH is 1. The number of cyclic esters (lactones) is 2. The van der Waals surface area contributed by atoms with Crippen LogP contribution in [0.4, 0.5) is 0 Å². The van der Waals surface area contributed by atoms with Gasteiger partial charge in [-0.3, -0.25) is 4.79 Å². The summed E-state index contributed by atoms with van der Waals surface area (Å²) < 4.78 is 23.1. The van der Waals surface area contributed by atoms with Crippen molar-refractivity contribution in [2.24, 2.45) is 28.1 Å². The van der Waals surface area contributed by atoms with Gasteiger partial charge in [-0.25, -0.2) is 9.59 Å². The van der Waals surface area contributed by atoms with E-state index in [0.717, 1.165) is 0 Å². The minimum Gasteiger partial charge on any atom is -0.472 e. The Morgan fingerprint density at radius 2 is 1.79 bits per heavy atom. The van der Waals surface area contributed by atoms with Crippen LogP contribution in [0.1, 0.15) is 59.1 Å². The van der Waals surface area contributed by atoms with Gasteiger partial charge in [0.25, 0.3) is 0 Å². The van der Waals surface area contributed by atoms with Crippen molar-refractivity contribution in [1.29, 1.82) is 0 Å². The van der Waals surface area contributed by atoms with Crippen LogP contribution >= 0.6 is 0 Å². The lowest BCUT2D eigenvalue weighted by molar-refractivity contribution is -0.242. The first-order valence-corrected chi connectivity index (χ1v) is 11.9. The molecule has 2 saturated heterocycles. The van der Waals surface area contributed by atoms with Gasteiger partial charge in [0.1, 0.15) is 23.1 Å². The van der Waals surface area contributed by atoms with Crippen molar-refractivity contribution in [2.45, 2.75) is 77.0 Å². The minimum atomic E-state index is -1.10. The van der Waals surface area contributed by atoms with Crippen LogP contribution in [0.3, 0.4) is 0 Å². The molecule has 6 rings (SSSR count). The Hall–Kier alpha value is -2.45. The molecule has 34 heavy (non-hydrogen) atoms. The largest absolute Gasteiger partial charge is 0.472 e. The maximum absolute atomic E-state index is 14.2. The molecule has 182 valence electrons. The summed E-state index contributed by atoms with van der Waals surface area (Å²) in [6.45, 7) is 9.41. The molecule has 4 heterocycles. The molecule has 2 saturated carbocycles. The first-order chi connectivity index (χ1) is 15.8. The number of carbonyl (C=O) groups is 3. The fourth-order valence-corrected chi connectivity index (χ4v) is 8.64. The number of carbonyl (C=O) groups excluding carboxylic acids is 3. The van der Waals surface area contributed by atoms with Crippen LogP contribution in [-0.4, -0.2) is 46.2 Å². The Kier molecular flexibility index (Phi) is 4.02. The van der Waals surface area contributed by atoms with Gasteiger partial charge in [-0.2, -0.15) is 0 Å². The zero-order valence-corrected chi connectivity index (χ0v) is 20.0. The van der Waals surface area contributed by atoms with E-state index in [-0.39, 0.29) is 18.1 Å². The maximum Gasteiger partial charge on any atom is 0.339 e. The van der Waals surface area contributed by atoms with Crippen molar-refractivity contribution in [3.63, 3.8) is 0 Å². The molecule has 1 spiro atoms. The van der Waals surface area contributed by atoms with E-state index in [2.05, 4.69) is 0 Å². The number of rotatable bonds is 1. The van der Waals surface area contributed by atoms with Crippen LogP contribution in [0.25, 0.3) is 0 Å². The highest BCUT2D eigenvalue weighted by Crippen LogP contribution is 2.78. The topological polar surface area (TPSA) is 116 Å². The Morgan fingerprint density at radius 3 is 2.47 bits per heavy atom. The predicted molar refractivity (Wildman–Crippen MR) is 116 cm³/mol. The number of hydrogen-bond donors (Lipinski definition) is 1. The first kappa shape index (κ1) is 22.0. The van der Waals surface area contributed by atoms with E-state index >= 15 is 0 Å². The number of ether oxygens (including phenoxy) is 3. The summed E-state index contributed by atoms with van der Waals surface area (Å²) in [5.41, 5.74) is -4.13. The van der Waals surface area contributed by atoms with E-state index in [1.54, 1.807) is 12.1 Å². The summed E-state index contributed by atoms with van der Waals surface area (Å²) in [6.07, 6.45) is 4.02. The van der Waals surface area contributed by atoms with E-state index in [1.807, 2.05) is 34.6 Å². The average Bonchev–Trinajstić information content (AvgIpc) is 3.34. The third-order valence-corrected chi connectivity index (χ3v) is 9.91. The fraction of sp³-hybridized carbons (Fsp3) is 0.654. The second kappa shape index (κ2) is 6.21. The zero-order chi connectivity index (χ0) is 24.5. The van der Waals surface area contributed by atoms with Crippen LogP contribution < -0.4 is 0 Å². The van der Waals surface area contributed by atoms with E-state index in [9.17, 15) is 19.5 Å². The van der Waals surface area contributed by atoms with Gasteiger partial charge >= 0.3 is 11.9 Å². The minimum absolute atomic E-state index is 0.0441.